The predicted molar refractivity (Wildman–Crippen MR) is 78.6 cm³/mol. The zero-order valence-corrected chi connectivity index (χ0v) is 12.4. The first-order chi connectivity index (χ1) is 11.1. The molecule has 0 radical (unpaired) electrons. The number of ether oxygens (including phenoxy) is 1. The van der Waals surface area contributed by atoms with Crippen LogP contribution in [0.15, 0.2) is 36.5 Å². The molecule has 1 aliphatic rings. The van der Waals surface area contributed by atoms with Gasteiger partial charge in [0.2, 0.25) is 5.91 Å². The summed E-state index contributed by atoms with van der Waals surface area (Å²) in [6.07, 6.45) is 1.29. The molecule has 0 bridgehead atoms. The lowest BCUT2D eigenvalue weighted by atomic mass is 10.2. The minimum absolute atomic E-state index is 0.00487. The van der Waals surface area contributed by atoms with Crippen molar-refractivity contribution in [2.24, 2.45) is 0 Å². The van der Waals surface area contributed by atoms with E-state index in [2.05, 4.69) is 10.3 Å². The number of rotatable bonds is 4. The Bertz CT molecular complexity index is 756. The fraction of sp³-hybridized carbons (Fsp3) is 0.267. The van der Waals surface area contributed by atoms with E-state index in [0.717, 1.165) is 4.90 Å². The summed E-state index contributed by atoms with van der Waals surface area (Å²) in [6.45, 7) is 1.90. The molecule has 2 heterocycles. The predicted octanol–water partition coefficient (Wildman–Crippen LogP) is 0.959. The maximum absolute atomic E-state index is 12.5. The molecule has 1 aromatic heterocycles. The number of benzene rings is 1. The van der Waals surface area contributed by atoms with E-state index in [4.69, 9.17) is 4.74 Å². The van der Waals surface area contributed by atoms with Crippen molar-refractivity contribution in [1.82, 2.24) is 15.0 Å². The van der Waals surface area contributed by atoms with Crippen LogP contribution in [0.2, 0.25) is 0 Å². The van der Waals surface area contributed by atoms with Gasteiger partial charge >= 0.3 is 5.97 Å². The number of esters is 1. The minimum Gasteiger partial charge on any atom is -0.461 e. The van der Waals surface area contributed by atoms with Crippen molar-refractivity contribution in [3.63, 3.8) is 0 Å². The van der Waals surface area contributed by atoms with Gasteiger partial charge in [-0.15, -0.1) is 5.10 Å². The molecule has 1 saturated heterocycles. The fourth-order valence-corrected chi connectivity index (χ4v) is 2.40. The SMILES string of the molecule is CCOC(=O)c1cn(C2CC(=O)N(c3ccccc3)C2=O)nn1. The Morgan fingerprint density at radius 3 is 2.74 bits per heavy atom. The van der Waals surface area contributed by atoms with E-state index in [1.54, 1.807) is 37.3 Å². The molecular formula is C15H14N4O4. The summed E-state index contributed by atoms with van der Waals surface area (Å²) in [7, 11) is 0. The van der Waals surface area contributed by atoms with Gasteiger partial charge in [0.05, 0.1) is 24.9 Å². The van der Waals surface area contributed by atoms with E-state index in [0.29, 0.717) is 5.69 Å². The van der Waals surface area contributed by atoms with Gasteiger partial charge in [0, 0.05) is 0 Å². The number of carbonyl (C=O) groups excluding carboxylic acids is 3. The quantitative estimate of drug-likeness (QED) is 0.616. The number of carbonyl (C=O) groups is 3. The Kier molecular flexibility index (Phi) is 3.88. The lowest BCUT2D eigenvalue weighted by molar-refractivity contribution is -0.122. The van der Waals surface area contributed by atoms with Gasteiger partial charge in [0.25, 0.3) is 5.91 Å². The molecule has 8 nitrogen and oxygen atoms in total. The van der Waals surface area contributed by atoms with E-state index >= 15 is 0 Å². The molecule has 2 aromatic rings. The molecule has 0 saturated carbocycles. The molecule has 1 aliphatic heterocycles. The summed E-state index contributed by atoms with van der Waals surface area (Å²) in [4.78, 5) is 37.4. The molecule has 8 heteroatoms. The number of aromatic nitrogens is 3. The molecule has 1 fully saturated rings. The van der Waals surface area contributed by atoms with E-state index in [-0.39, 0.29) is 24.6 Å². The summed E-state index contributed by atoms with van der Waals surface area (Å²) in [5.41, 5.74) is 0.515. The number of imide groups is 1. The molecule has 0 N–H and O–H groups in total. The Labute approximate surface area is 131 Å². The number of para-hydroxylation sites is 1. The third kappa shape index (κ3) is 2.70. The van der Waals surface area contributed by atoms with Gasteiger partial charge in [-0.05, 0) is 19.1 Å². The number of hydrogen-bond acceptors (Lipinski definition) is 6. The summed E-state index contributed by atoms with van der Waals surface area (Å²) in [6, 6.07) is 7.86. The van der Waals surface area contributed by atoms with Gasteiger partial charge in [-0.1, -0.05) is 23.4 Å². The van der Waals surface area contributed by atoms with Gasteiger partial charge < -0.3 is 4.74 Å². The van der Waals surface area contributed by atoms with Crippen molar-refractivity contribution in [3.05, 3.63) is 42.2 Å². The topological polar surface area (TPSA) is 94.4 Å². The number of nitrogens with zero attached hydrogens (tertiary/aromatic N) is 4. The molecule has 3 rings (SSSR count). The van der Waals surface area contributed by atoms with Crippen LogP contribution in [0.5, 0.6) is 0 Å². The second-order valence-electron chi connectivity index (χ2n) is 4.93. The first-order valence-electron chi connectivity index (χ1n) is 7.12. The molecule has 1 unspecified atom stereocenters. The Hall–Kier alpha value is -3.03. The smallest absolute Gasteiger partial charge is 0.360 e. The number of amides is 2. The molecule has 23 heavy (non-hydrogen) atoms. The Balaban J connectivity index is 1.84. The lowest BCUT2D eigenvalue weighted by Crippen LogP contribution is -2.31. The van der Waals surface area contributed by atoms with Crippen LogP contribution >= 0.6 is 0 Å². The molecule has 1 atom stereocenters. The monoisotopic (exact) mass is 314 g/mol. The van der Waals surface area contributed by atoms with Crippen LogP contribution < -0.4 is 4.90 Å². The van der Waals surface area contributed by atoms with Crippen molar-refractivity contribution in [2.75, 3.05) is 11.5 Å². The van der Waals surface area contributed by atoms with Crippen molar-refractivity contribution in [2.45, 2.75) is 19.4 Å². The highest BCUT2D eigenvalue weighted by Gasteiger charge is 2.41. The first-order valence-corrected chi connectivity index (χ1v) is 7.12. The molecule has 0 spiro atoms. The van der Waals surface area contributed by atoms with Crippen LogP contribution in [0.1, 0.15) is 29.9 Å². The molecule has 0 aliphatic carbocycles. The van der Waals surface area contributed by atoms with Crippen molar-refractivity contribution >= 4 is 23.5 Å². The number of hydrogen-bond donors (Lipinski definition) is 0. The largest absolute Gasteiger partial charge is 0.461 e. The highest BCUT2D eigenvalue weighted by molar-refractivity contribution is 6.21. The Morgan fingerprint density at radius 1 is 1.30 bits per heavy atom. The van der Waals surface area contributed by atoms with Gasteiger partial charge in [-0.3, -0.25) is 9.59 Å². The molecule has 118 valence electrons. The van der Waals surface area contributed by atoms with Gasteiger partial charge in [0.15, 0.2) is 5.69 Å². The molecule has 2 amide bonds. The fourth-order valence-electron chi connectivity index (χ4n) is 2.40. The van der Waals surface area contributed by atoms with Gasteiger partial charge in [-0.25, -0.2) is 14.4 Å². The van der Waals surface area contributed by atoms with Crippen molar-refractivity contribution in [3.8, 4) is 0 Å². The summed E-state index contributed by atoms with van der Waals surface area (Å²) in [5.74, 6) is -1.34. The highest BCUT2D eigenvalue weighted by atomic mass is 16.5. The minimum atomic E-state index is -0.807. The average Bonchev–Trinajstić information content (AvgIpc) is 3.13. The van der Waals surface area contributed by atoms with Crippen LogP contribution in [0.3, 0.4) is 0 Å². The third-order valence-corrected chi connectivity index (χ3v) is 3.45. The van der Waals surface area contributed by atoms with Crippen molar-refractivity contribution < 1.29 is 19.1 Å². The van der Waals surface area contributed by atoms with Crippen LogP contribution in [0.25, 0.3) is 0 Å². The average molecular weight is 314 g/mol. The van der Waals surface area contributed by atoms with Crippen molar-refractivity contribution in [1.29, 1.82) is 0 Å². The standard InChI is InChI=1S/C15H14N4O4/c1-2-23-15(22)11-9-18(17-16-11)12-8-13(20)19(14(12)21)10-6-4-3-5-7-10/h3-7,9,12H,2,8H2,1H3. The second kappa shape index (κ2) is 5.99. The highest BCUT2D eigenvalue weighted by Crippen LogP contribution is 2.28. The summed E-state index contributed by atoms with van der Waals surface area (Å²) < 4.78 is 6.06. The van der Waals surface area contributed by atoms with E-state index in [1.165, 1.54) is 10.9 Å². The van der Waals surface area contributed by atoms with Crippen LogP contribution in [0.4, 0.5) is 5.69 Å². The third-order valence-electron chi connectivity index (χ3n) is 3.45. The first kappa shape index (κ1) is 14.9. The zero-order chi connectivity index (χ0) is 16.4. The summed E-state index contributed by atoms with van der Waals surface area (Å²) in [5, 5.41) is 7.47. The summed E-state index contributed by atoms with van der Waals surface area (Å²) >= 11 is 0. The van der Waals surface area contributed by atoms with E-state index < -0.39 is 17.9 Å². The Morgan fingerprint density at radius 2 is 2.04 bits per heavy atom. The van der Waals surface area contributed by atoms with Crippen LogP contribution in [0, 0.1) is 0 Å². The van der Waals surface area contributed by atoms with Gasteiger partial charge in [-0.2, -0.15) is 0 Å². The number of anilines is 1. The molecule has 1 aromatic carbocycles. The maximum atomic E-state index is 12.5. The van der Waals surface area contributed by atoms with E-state index in [1.807, 2.05) is 0 Å². The van der Waals surface area contributed by atoms with Crippen LogP contribution in [-0.2, 0) is 14.3 Å². The molecular weight excluding hydrogens is 300 g/mol. The van der Waals surface area contributed by atoms with Crippen LogP contribution in [-0.4, -0.2) is 39.4 Å². The zero-order valence-electron chi connectivity index (χ0n) is 12.4. The normalized spacial score (nSPS) is 17.6. The second-order valence-corrected chi connectivity index (χ2v) is 4.93. The lowest BCUT2D eigenvalue weighted by Gasteiger charge is -2.14. The van der Waals surface area contributed by atoms with E-state index in [9.17, 15) is 14.4 Å². The van der Waals surface area contributed by atoms with Gasteiger partial charge in [0.1, 0.15) is 6.04 Å². The maximum Gasteiger partial charge on any atom is 0.360 e.